The summed E-state index contributed by atoms with van der Waals surface area (Å²) in [6.45, 7) is 1.16. The van der Waals surface area contributed by atoms with E-state index < -0.39 is 0 Å². The van der Waals surface area contributed by atoms with E-state index in [0.717, 1.165) is 17.1 Å². The Kier molecular flexibility index (Phi) is 2.43. The Morgan fingerprint density at radius 2 is 1.94 bits per heavy atom. The van der Waals surface area contributed by atoms with Gasteiger partial charge in [0.15, 0.2) is 11.5 Å². The average Bonchev–Trinajstić information content (AvgIpc) is 2.75. The van der Waals surface area contributed by atoms with Crippen LogP contribution in [0.5, 0.6) is 11.5 Å². The van der Waals surface area contributed by atoms with Gasteiger partial charge in [-0.05, 0) is 18.2 Å². The van der Waals surface area contributed by atoms with Gasteiger partial charge in [0, 0.05) is 28.2 Å². The predicted octanol–water partition coefficient (Wildman–Crippen LogP) is 2.11. The Balaban J connectivity index is 2.02. The lowest BCUT2D eigenvalue weighted by atomic mass is 10.2. The maximum atomic E-state index is 5.48. The number of hydrogen-bond donors (Lipinski definition) is 0. The minimum absolute atomic E-state index is 0.487. The van der Waals surface area contributed by atoms with Gasteiger partial charge < -0.3 is 14.0 Å². The second kappa shape index (κ2) is 3.93. The Bertz CT molecular complexity index is 527. The number of nitrogens with zero attached hydrogens (tertiary/aromatic N) is 2. The van der Waals surface area contributed by atoms with Crippen LogP contribution in [-0.4, -0.2) is 23.4 Å². The highest BCUT2D eigenvalue weighted by atomic mass is 127. The fourth-order valence-electron chi connectivity index (χ4n) is 1.50. The van der Waals surface area contributed by atoms with Gasteiger partial charge in [-0.1, -0.05) is 5.16 Å². The second-order valence-electron chi connectivity index (χ2n) is 3.23. The summed E-state index contributed by atoms with van der Waals surface area (Å²) in [5.41, 5.74) is 0.833. The smallest absolute Gasteiger partial charge is 0.258 e. The molecular weight excluding hydrogens is 323 g/mol. The van der Waals surface area contributed by atoms with Gasteiger partial charge in [-0.2, -0.15) is 4.98 Å². The minimum atomic E-state index is 0.487. The summed E-state index contributed by atoms with van der Waals surface area (Å²) in [5.74, 6) is 1.96. The second-order valence-corrected chi connectivity index (χ2v) is 4.19. The van der Waals surface area contributed by atoms with E-state index in [9.17, 15) is 0 Å². The van der Waals surface area contributed by atoms with Crippen LogP contribution in [0.3, 0.4) is 0 Å². The molecule has 16 heavy (non-hydrogen) atoms. The highest BCUT2D eigenvalue weighted by molar-refractivity contribution is 14.1. The highest BCUT2D eigenvalue weighted by Gasteiger charge is 2.14. The molecule has 0 N–H and O–H groups in total. The van der Waals surface area contributed by atoms with Crippen LogP contribution in [0.25, 0.3) is 11.5 Å². The highest BCUT2D eigenvalue weighted by Crippen LogP contribution is 2.33. The van der Waals surface area contributed by atoms with E-state index >= 15 is 0 Å². The lowest BCUT2D eigenvalue weighted by Crippen LogP contribution is -2.15. The Morgan fingerprint density at radius 1 is 1.12 bits per heavy atom. The fourth-order valence-corrected chi connectivity index (χ4v) is 1.82. The van der Waals surface area contributed by atoms with Gasteiger partial charge in [0.25, 0.3) is 5.89 Å². The third-order valence-corrected chi connectivity index (χ3v) is 2.63. The molecule has 3 rings (SSSR count). The zero-order chi connectivity index (χ0) is 11.0. The van der Waals surface area contributed by atoms with Crippen molar-refractivity contribution < 1.29 is 14.0 Å². The molecule has 1 aromatic heterocycles. The van der Waals surface area contributed by atoms with Crippen molar-refractivity contribution >= 4 is 22.6 Å². The van der Waals surface area contributed by atoms with Gasteiger partial charge in [0.1, 0.15) is 13.2 Å². The van der Waals surface area contributed by atoms with Crippen LogP contribution in [0.1, 0.15) is 0 Å². The van der Waals surface area contributed by atoms with E-state index in [1.165, 1.54) is 0 Å². The molecule has 0 bridgehead atoms. The first-order chi connectivity index (χ1) is 7.83. The first-order valence-electron chi connectivity index (χ1n) is 4.72. The predicted molar refractivity (Wildman–Crippen MR) is 63.4 cm³/mol. The summed E-state index contributed by atoms with van der Waals surface area (Å²) >= 11 is 2.00. The Hall–Kier alpha value is -1.31. The zero-order valence-electron chi connectivity index (χ0n) is 8.14. The molecule has 0 saturated carbocycles. The van der Waals surface area contributed by atoms with Crippen molar-refractivity contribution in [3.63, 3.8) is 0 Å². The van der Waals surface area contributed by atoms with E-state index in [1.807, 2.05) is 40.8 Å². The first-order valence-corrected chi connectivity index (χ1v) is 5.80. The van der Waals surface area contributed by atoms with Crippen molar-refractivity contribution in [3.05, 3.63) is 22.0 Å². The molecule has 0 saturated heterocycles. The van der Waals surface area contributed by atoms with E-state index in [4.69, 9.17) is 14.0 Å². The molecule has 2 aromatic rings. The number of rotatable bonds is 1. The van der Waals surface area contributed by atoms with Gasteiger partial charge in [-0.25, -0.2) is 0 Å². The van der Waals surface area contributed by atoms with Gasteiger partial charge >= 0.3 is 0 Å². The number of hydrogen-bond acceptors (Lipinski definition) is 5. The molecule has 0 spiro atoms. The van der Waals surface area contributed by atoms with Crippen LogP contribution >= 0.6 is 22.6 Å². The lowest BCUT2D eigenvalue weighted by Gasteiger charge is -2.18. The molecule has 0 aliphatic carbocycles. The molecule has 0 unspecified atom stereocenters. The van der Waals surface area contributed by atoms with Crippen LogP contribution in [0, 0.1) is 3.83 Å². The fraction of sp³-hybridized carbons (Fsp3) is 0.200. The molecule has 6 heteroatoms. The number of halogens is 1. The molecule has 0 radical (unpaired) electrons. The lowest BCUT2D eigenvalue weighted by molar-refractivity contribution is 0.171. The Labute approximate surface area is 105 Å². The molecule has 0 atom stereocenters. The van der Waals surface area contributed by atoms with Crippen LogP contribution < -0.4 is 9.47 Å². The summed E-state index contributed by atoms with van der Waals surface area (Å²) in [4.78, 5) is 4.14. The quantitative estimate of drug-likeness (QED) is 0.750. The summed E-state index contributed by atoms with van der Waals surface area (Å²) in [5, 5.41) is 3.73. The zero-order valence-corrected chi connectivity index (χ0v) is 10.3. The molecule has 5 nitrogen and oxygen atoms in total. The van der Waals surface area contributed by atoms with Gasteiger partial charge in [0.2, 0.25) is 3.83 Å². The summed E-state index contributed by atoms with van der Waals surface area (Å²) in [7, 11) is 0. The third kappa shape index (κ3) is 1.73. The minimum Gasteiger partial charge on any atom is -0.486 e. The third-order valence-electron chi connectivity index (χ3n) is 2.19. The van der Waals surface area contributed by atoms with E-state index in [1.54, 1.807) is 0 Å². The number of aromatic nitrogens is 2. The van der Waals surface area contributed by atoms with E-state index in [0.29, 0.717) is 22.9 Å². The Morgan fingerprint density at radius 3 is 2.69 bits per heavy atom. The maximum absolute atomic E-state index is 5.48. The van der Waals surface area contributed by atoms with Gasteiger partial charge in [0.05, 0.1) is 0 Å². The van der Waals surface area contributed by atoms with Gasteiger partial charge in [-0.15, -0.1) is 0 Å². The summed E-state index contributed by atoms with van der Waals surface area (Å²) < 4.78 is 16.6. The average molecular weight is 330 g/mol. The summed E-state index contributed by atoms with van der Waals surface area (Å²) in [6, 6.07) is 5.57. The van der Waals surface area contributed by atoms with Crippen molar-refractivity contribution in [3.8, 4) is 23.0 Å². The van der Waals surface area contributed by atoms with Crippen LogP contribution in [0.15, 0.2) is 22.7 Å². The van der Waals surface area contributed by atoms with Gasteiger partial charge in [-0.3, -0.25) is 0 Å². The maximum Gasteiger partial charge on any atom is 0.258 e. The topological polar surface area (TPSA) is 57.4 Å². The largest absolute Gasteiger partial charge is 0.486 e. The molecule has 1 aliphatic heterocycles. The van der Waals surface area contributed by atoms with E-state index in [-0.39, 0.29) is 0 Å². The van der Waals surface area contributed by atoms with Crippen molar-refractivity contribution in [1.82, 2.24) is 10.1 Å². The molecule has 0 amide bonds. The van der Waals surface area contributed by atoms with E-state index in [2.05, 4.69) is 10.1 Å². The van der Waals surface area contributed by atoms with Crippen LogP contribution in [-0.2, 0) is 0 Å². The van der Waals surface area contributed by atoms with Crippen molar-refractivity contribution in [2.75, 3.05) is 13.2 Å². The molecule has 82 valence electrons. The molecule has 1 aliphatic rings. The van der Waals surface area contributed by atoms with Crippen molar-refractivity contribution in [2.24, 2.45) is 0 Å². The SMILES string of the molecule is Ic1noc(-c2ccc3c(c2)OCCO3)n1. The van der Waals surface area contributed by atoms with Crippen molar-refractivity contribution in [1.29, 1.82) is 0 Å². The monoisotopic (exact) mass is 330 g/mol. The first kappa shape index (κ1) is 9.88. The number of ether oxygens (including phenoxy) is 2. The molecule has 0 fully saturated rings. The van der Waals surface area contributed by atoms with Crippen molar-refractivity contribution in [2.45, 2.75) is 0 Å². The normalized spacial score (nSPS) is 13.8. The molecular formula is C10H7IN2O3. The summed E-state index contributed by atoms with van der Waals surface area (Å²) in [6.07, 6.45) is 0. The molecule has 1 aromatic carbocycles. The molecule has 2 heterocycles. The number of benzene rings is 1. The van der Waals surface area contributed by atoms with Crippen LogP contribution in [0.2, 0.25) is 0 Å². The standard InChI is InChI=1S/C10H7IN2O3/c11-10-12-9(16-13-10)6-1-2-7-8(5-6)15-4-3-14-7/h1-2,5H,3-4H2. The number of fused-ring (bicyclic) bond motifs is 1. The van der Waals surface area contributed by atoms with Crippen LogP contribution in [0.4, 0.5) is 0 Å².